The minimum Gasteiger partial charge on any atom is -0.336 e. The van der Waals surface area contributed by atoms with E-state index in [4.69, 9.17) is 0 Å². The molecule has 1 N–H and O–H groups in total. The Hall–Kier alpha value is -2.47. The second-order valence-corrected chi connectivity index (χ2v) is 8.67. The number of rotatable bonds is 5. The van der Waals surface area contributed by atoms with Crippen molar-refractivity contribution in [3.8, 4) is 0 Å². The van der Waals surface area contributed by atoms with Crippen molar-refractivity contribution < 1.29 is 9.59 Å². The zero-order valence-corrected chi connectivity index (χ0v) is 18.2. The molecule has 1 aromatic heterocycles. The molecule has 0 unspecified atom stereocenters. The molecule has 1 saturated heterocycles. The average Bonchev–Trinajstić information content (AvgIpc) is 2.66. The topological polar surface area (TPSA) is 65.5 Å². The first-order chi connectivity index (χ1) is 13.7. The van der Waals surface area contributed by atoms with Crippen LogP contribution in [0.1, 0.15) is 43.7 Å². The van der Waals surface area contributed by atoms with E-state index in [0.717, 1.165) is 49.3 Å². The van der Waals surface area contributed by atoms with Gasteiger partial charge >= 0.3 is 0 Å². The summed E-state index contributed by atoms with van der Waals surface area (Å²) >= 11 is 0. The monoisotopic (exact) mass is 396 g/mol. The molecule has 0 atom stereocenters. The summed E-state index contributed by atoms with van der Waals surface area (Å²) < 4.78 is 0. The molecule has 1 aromatic carbocycles. The fourth-order valence-corrected chi connectivity index (χ4v) is 3.69. The van der Waals surface area contributed by atoms with Crippen LogP contribution in [0.15, 0.2) is 24.3 Å². The number of nitrogens with one attached hydrogen (secondary N) is 1. The zero-order valence-electron chi connectivity index (χ0n) is 18.2. The van der Waals surface area contributed by atoms with Gasteiger partial charge in [-0.3, -0.25) is 19.5 Å². The largest absolute Gasteiger partial charge is 0.336 e. The number of pyridine rings is 1. The van der Waals surface area contributed by atoms with Crippen molar-refractivity contribution in [2.75, 3.05) is 38.0 Å². The molecule has 0 radical (unpaired) electrons. The Bertz CT molecular complexity index is 899. The first-order valence-electron chi connectivity index (χ1n) is 10.5. The van der Waals surface area contributed by atoms with E-state index in [9.17, 15) is 9.59 Å². The van der Waals surface area contributed by atoms with Crippen molar-refractivity contribution in [1.29, 1.82) is 0 Å². The maximum atomic E-state index is 13.4. The molecule has 0 saturated carbocycles. The van der Waals surface area contributed by atoms with Crippen LogP contribution in [0.4, 0.5) is 5.69 Å². The van der Waals surface area contributed by atoms with Crippen molar-refractivity contribution in [2.24, 2.45) is 11.8 Å². The highest BCUT2D eigenvalue weighted by molar-refractivity contribution is 6.08. The number of nitrogens with zero attached hydrogens (tertiary/aromatic N) is 3. The molecule has 3 rings (SSSR count). The third-order valence-corrected chi connectivity index (χ3v) is 5.25. The molecular formula is C23H32N4O2. The van der Waals surface area contributed by atoms with Gasteiger partial charge in [0.05, 0.1) is 11.1 Å². The molecule has 0 aliphatic carbocycles. The van der Waals surface area contributed by atoms with Gasteiger partial charge < -0.3 is 10.2 Å². The molecule has 2 amide bonds. The van der Waals surface area contributed by atoms with Gasteiger partial charge in [0.1, 0.15) is 0 Å². The van der Waals surface area contributed by atoms with Crippen LogP contribution in [-0.4, -0.2) is 59.3 Å². The lowest BCUT2D eigenvalue weighted by molar-refractivity contribution is -0.118. The van der Waals surface area contributed by atoms with E-state index >= 15 is 0 Å². The molecule has 1 fully saturated rings. The molecule has 1 aliphatic rings. The number of carbonyl (C=O) groups is 2. The van der Waals surface area contributed by atoms with Gasteiger partial charge in [0.15, 0.2) is 0 Å². The molecule has 6 heteroatoms. The van der Waals surface area contributed by atoms with Crippen LogP contribution in [0.3, 0.4) is 0 Å². The average molecular weight is 397 g/mol. The zero-order chi connectivity index (χ0) is 21.1. The highest BCUT2D eigenvalue weighted by Gasteiger charge is 2.24. The van der Waals surface area contributed by atoms with Crippen molar-refractivity contribution in [3.05, 3.63) is 35.5 Å². The van der Waals surface area contributed by atoms with E-state index in [2.05, 4.69) is 29.0 Å². The minimum absolute atomic E-state index is 0.00509. The van der Waals surface area contributed by atoms with Gasteiger partial charge in [0.25, 0.3) is 5.91 Å². The smallest absolute Gasteiger partial charge is 0.254 e. The van der Waals surface area contributed by atoms with Crippen molar-refractivity contribution >= 4 is 28.4 Å². The molecule has 2 heterocycles. The predicted octanol–water partition coefficient (Wildman–Crippen LogP) is 3.55. The standard InChI is InChI=1S/C23H32N4O2/c1-15(2)14-26-8-10-27(11-9-26)23(29)20-12-18(25-22(28)16(3)4)13-21-19(20)7-6-17(5)24-21/h6-7,12-13,15-16H,8-11,14H2,1-5H3,(H,25,28). The first kappa shape index (κ1) is 21.2. The molecular weight excluding hydrogens is 364 g/mol. The quantitative estimate of drug-likeness (QED) is 0.839. The molecule has 0 spiro atoms. The lowest BCUT2D eigenvalue weighted by atomic mass is 10.0. The van der Waals surface area contributed by atoms with Gasteiger partial charge in [-0.05, 0) is 31.0 Å². The van der Waals surface area contributed by atoms with Gasteiger partial charge in [-0.15, -0.1) is 0 Å². The van der Waals surface area contributed by atoms with Crippen LogP contribution in [0.5, 0.6) is 0 Å². The SMILES string of the molecule is Cc1ccc2c(C(=O)N3CCN(CC(C)C)CC3)cc(NC(=O)C(C)C)cc2n1. The number of piperazine rings is 1. The highest BCUT2D eigenvalue weighted by atomic mass is 16.2. The van der Waals surface area contributed by atoms with Crippen LogP contribution in [0.25, 0.3) is 10.9 Å². The second-order valence-electron chi connectivity index (χ2n) is 8.67. The number of fused-ring (bicyclic) bond motifs is 1. The third-order valence-electron chi connectivity index (χ3n) is 5.25. The van der Waals surface area contributed by atoms with Crippen LogP contribution in [0, 0.1) is 18.8 Å². The fourth-order valence-electron chi connectivity index (χ4n) is 3.69. The summed E-state index contributed by atoms with van der Waals surface area (Å²) in [5, 5.41) is 3.75. The number of hydrogen-bond donors (Lipinski definition) is 1. The summed E-state index contributed by atoms with van der Waals surface area (Å²) in [5.74, 6) is 0.421. The Morgan fingerprint density at radius 1 is 1.07 bits per heavy atom. The molecule has 156 valence electrons. The molecule has 6 nitrogen and oxygen atoms in total. The number of benzene rings is 1. The van der Waals surface area contributed by atoms with E-state index in [1.165, 1.54) is 0 Å². The van der Waals surface area contributed by atoms with E-state index in [0.29, 0.717) is 17.2 Å². The summed E-state index contributed by atoms with van der Waals surface area (Å²) in [6, 6.07) is 7.52. The van der Waals surface area contributed by atoms with E-state index in [1.54, 1.807) is 6.07 Å². The summed E-state index contributed by atoms with van der Waals surface area (Å²) in [7, 11) is 0. The number of aryl methyl sites for hydroxylation is 1. The van der Waals surface area contributed by atoms with Crippen LogP contribution in [-0.2, 0) is 4.79 Å². The Kier molecular flexibility index (Phi) is 6.52. The fraction of sp³-hybridized carbons (Fsp3) is 0.522. The Labute approximate surface area is 173 Å². The number of amides is 2. The molecule has 1 aliphatic heterocycles. The number of hydrogen-bond acceptors (Lipinski definition) is 4. The minimum atomic E-state index is -0.135. The van der Waals surface area contributed by atoms with Gasteiger partial charge in [0, 0.05) is 55.4 Å². The summed E-state index contributed by atoms with van der Waals surface area (Å²) in [6.45, 7) is 14.3. The molecule has 0 bridgehead atoms. The lowest BCUT2D eigenvalue weighted by Crippen LogP contribution is -2.49. The number of aromatic nitrogens is 1. The Balaban J connectivity index is 1.89. The summed E-state index contributed by atoms with van der Waals surface area (Å²) in [6.07, 6.45) is 0. The number of anilines is 1. The summed E-state index contributed by atoms with van der Waals surface area (Å²) in [4.78, 5) is 34.5. The van der Waals surface area contributed by atoms with Crippen molar-refractivity contribution in [3.63, 3.8) is 0 Å². The number of carbonyl (C=O) groups excluding carboxylic acids is 2. The Morgan fingerprint density at radius 3 is 2.38 bits per heavy atom. The van der Waals surface area contributed by atoms with Gasteiger partial charge in [-0.2, -0.15) is 0 Å². The van der Waals surface area contributed by atoms with Gasteiger partial charge in [-0.1, -0.05) is 33.8 Å². The first-order valence-corrected chi connectivity index (χ1v) is 10.5. The second kappa shape index (κ2) is 8.91. The molecule has 2 aromatic rings. The van der Waals surface area contributed by atoms with Crippen LogP contribution < -0.4 is 5.32 Å². The van der Waals surface area contributed by atoms with Crippen molar-refractivity contribution in [1.82, 2.24) is 14.8 Å². The van der Waals surface area contributed by atoms with E-state index in [-0.39, 0.29) is 17.7 Å². The van der Waals surface area contributed by atoms with Crippen LogP contribution >= 0.6 is 0 Å². The predicted molar refractivity (Wildman–Crippen MR) is 117 cm³/mol. The van der Waals surface area contributed by atoms with Gasteiger partial charge in [-0.25, -0.2) is 0 Å². The van der Waals surface area contributed by atoms with E-state index < -0.39 is 0 Å². The summed E-state index contributed by atoms with van der Waals surface area (Å²) in [5.41, 5.74) is 2.83. The van der Waals surface area contributed by atoms with Gasteiger partial charge in [0.2, 0.25) is 5.91 Å². The molecule has 29 heavy (non-hydrogen) atoms. The maximum absolute atomic E-state index is 13.4. The van der Waals surface area contributed by atoms with E-state index in [1.807, 2.05) is 43.9 Å². The highest BCUT2D eigenvalue weighted by Crippen LogP contribution is 2.25. The third kappa shape index (κ3) is 5.12. The lowest BCUT2D eigenvalue weighted by Gasteiger charge is -2.35. The van der Waals surface area contributed by atoms with Crippen molar-refractivity contribution in [2.45, 2.75) is 34.6 Å². The normalized spacial score (nSPS) is 15.3. The maximum Gasteiger partial charge on any atom is 0.254 e. The Morgan fingerprint density at radius 2 is 1.76 bits per heavy atom. The van der Waals surface area contributed by atoms with Crippen LogP contribution in [0.2, 0.25) is 0 Å².